The highest BCUT2D eigenvalue weighted by molar-refractivity contribution is 5.96. The molecule has 3 rings (SSSR count). The Kier molecular flexibility index (Phi) is 5.89. The molecule has 0 amide bonds. The summed E-state index contributed by atoms with van der Waals surface area (Å²) in [6.07, 6.45) is 7.15. The molecule has 0 saturated carbocycles. The van der Waals surface area contributed by atoms with E-state index in [-0.39, 0.29) is 48.0 Å². The Hall–Kier alpha value is -2.21. The molecular formula is C22H28O6. The van der Waals surface area contributed by atoms with Crippen molar-refractivity contribution in [2.45, 2.75) is 64.3 Å². The second-order valence-corrected chi connectivity index (χ2v) is 8.29. The fourth-order valence-corrected chi connectivity index (χ4v) is 3.81. The van der Waals surface area contributed by atoms with E-state index >= 15 is 0 Å². The number of allylic oxidation sites excluding steroid dienone is 2. The van der Waals surface area contributed by atoms with Crippen LogP contribution in [0.2, 0.25) is 0 Å². The molecule has 0 spiro atoms. The summed E-state index contributed by atoms with van der Waals surface area (Å²) in [4.78, 5) is 35.4. The van der Waals surface area contributed by atoms with E-state index in [4.69, 9.17) is 14.2 Å². The second kappa shape index (κ2) is 8.03. The summed E-state index contributed by atoms with van der Waals surface area (Å²) in [7, 11) is 0. The second-order valence-electron chi connectivity index (χ2n) is 8.29. The van der Waals surface area contributed by atoms with Gasteiger partial charge in [-0.2, -0.15) is 0 Å². The molecule has 0 aromatic carbocycles. The van der Waals surface area contributed by atoms with Crippen molar-refractivity contribution < 1.29 is 28.6 Å². The minimum atomic E-state index is -0.536. The number of hydrogen-bond acceptors (Lipinski definition) is 6. The number of hydrogen-bond donors (Lipinski definition) is 0. The molecule has 0 N–H and O–H groups in total. The summed E-state index contributed by atoms with van der Waals surface area (Å²) in [5, 5.41) is 0. The lowest BCUT2D eigenvalue weighted by molar-refractivity contribution is -0.140. The number of carbonyl (C=O) groups excluding carboxylic acids is 3. The standard InChI is InChI=1S/C22H28O6/c1-13(2)17(23)9-10-18(24)26-12-15-6-5-11-22(4)20(28-22)19-16(8-7-15)14(3)21(25)27-19/h6,9-10,13,16,19-20H,3,5,7-8,11-12H2,1-2,4H3/b10-9-,15-6+/t16-,19-,20-,22+/m0/s1. The van der Waals surface area contributed by atoms with Crippen LogP contribution < -0.4 is 0 Å². The fourth-order valence-electron chi connectivity index (χ4n) is 3.81. The molecule has 2 heterocycles. The Bertz CT molecular complexity index is 746. The smallest absolute Gasteiger partial charge is 0.334 e. The number of esters is 2. The molecule has 0 radical (unpaired) electrons. The Morgan fingerprint density at radius 1 is 1.39 bits per heavy atom. The molecule has 0 bridgehead atoms. The number of fused-ring (bicyclic) bond motifs is 3. The van der Waals surface area contributed by atoms with Crippen LogP contribution >= 0.6 is 0 Å². The number of ether oxygens (including phenoxy) is 3. The van der Waals surface area contributed by atoms with Gasteiger partial charge in [0.05, 0.1) is 5.60 Å². The van der Waals surface area contributed by atoms with Crippen molar-refractivity contribution in [3.8, 4) is 0 Å². The van der Waals surface area contributed by atoms with E-state index in [1.165, 1.54) is 12.2 Å². The van der Waals surface area contributed by atoms with E-state index < -0.39 is 5.97 Å². The summed E-state index contributed by atoms with van der Waals surface area (Å²) in [5.41, 5.74) is 1.20. The highest BCUT2D eigenvalue weighted by Crippen LogP contribution is 2.49. The summed E-state index contributed by atoms with van der Waals surface area (Å²) in [6, 6.07) is 0. The molecule has 1 aliphatic carbocycles. The number of ketones is 1. The lowest BCUT2D eigenvalue weighted by Crippen LogP contribution is -2.29. The van der Waals surface area contributed by atoms with Crippen LogP contribution in [0.4, 0.5) is 0 Å². The van der Waals surface area contributed by atoms with Crippen LogP contribution in [0.1, 0.15) is 46.5 Å². The Balaban J connectivity index is 1.62. The van der Waals surface area contributed by atoms with E-state index in [0.717, 1.165) is 18.4 Å². The molecule has 0 unspecified atom stereocenters. The van der Waals surface area contributed by atoms with Gasteiger partial charge in [0.25, 0.3) is 0 Å². The molecule has 2 aliphatic heterocycles. The van der Waals surface area contributed by atoms with Crippen LogP contribution in [0, 0.1) is 11.8 Å². The molecule has 28 heavy (non-hydrogen) atoms. The van der Waals surface area contributed by atoms with Crippen molar-refractivity contribution in [1.82, 2.24) is 0 Å². The quantitative estimate of drug-likeness (QED) is 0.312. The number of carbonyl (C=O) groups is 3. The Morgan fingerprint density at radius 2 is 2.14 bits per heavy atom. The molecule has 0 aromatic rings. The fraction of sp³-hybridized carbons (Fsp3) is 0.591. The van der Waals surface area contributed by atoms with Crippen molar-refractivity contribution in [1.29, 1.82) is 0 Å². The van der Waals surface area contributed by atoms with Gasteiger partial charge in [0.2, 0.25) is 0 Å². The van der Waals surface area contributed by atoms with Crippen LogP contribution in [0.25, 0.3) is 0 Å². The topological polar surface area (TPSA) is 82.2 Å². The molecule has 6 nitrogen and oxygen atoms in total. The van der Waals surface area contributed by atoms with Gasteiger partial charge < -0.3 is 14.2 Å². The molecule has 2 saturated heterocycles. The van der Waals surface area contributed by atoms with Crippen LogP contribution in [0.3, 0.4) is 0 Å². The maximum absolute atomic E-state index is 12.0. The molecular weight excluding hydrogens is 360 g/mol. The van der Waals surface area contributed by atoms with Crippen LogP contribution in [0.15, 0.2) is 36.0 Å². The van der Waals surface area contributed by atoms with Gasteiger partial charge in [0.15, 0.2) is 5.78 Å². The van der Waals surface area contributed by atoms with Crippen molar-refractivity contribution in [2.24, 2.45) is 11.8 Å². The molecule has 3 aliphatic rings. The maximum atomic E-state index is 12.0. The van der Waals surface area contributed by atoms with E-state index in [0.29, 0.717) is 18.4 Å². The maximum Gasteiger partial charge on any atom is 0.334 e. The molecule has 2 fully saturated rings. The predicted octanol–water partition coefficient (Wildman–Crippen LogP) is 3.07. The van der Waals surface area contributed by atoms with Gasteiger partial charge in [0.1, 0.15) is 18.8 Å². The van der Waals surface area contributed by atoms with E-state index in [1.807, 2.05) is 6.92 Å². The van der Waals surface area contributed by atoms with Gasteiger partial charge in [-0.1, -0.05) is 26.5 Å². The lowest BCUT2D eigenvalue weighted by atomic mass is 9.84. The predicted molar refractivity (Wildman–Crippen MR) is 102 cm³/mol. The third-order valence-electron chi connectivity index (χ3n) is 5.79. The third kappa shape index (κ3) is 4.43. The van der Waals surface area contributed by atoms with Crippen molar-refractivity contribution in [3.63, 3.8) is 0 Å². The van der Waals surface area contributed by atoms with Gasteiger partial charge in [-0.25, -0.2) is 9.59 Å². The summed E-state index contributed by atoms with van der Waals surface area (Å²) >= 11 is 0. The van der Waals surface area contributed by atoms with E-state index in [1.54, 1.807) is 13.8 Å². The Labute approximate surface area is 165 Å². The monoisotopic (exact) mass is 388 g/mol. The molecule has 152 valence electrons. The number of epoxide rings is 1. The molecule has 0 aromatic heterocycles. The normalized spacial score (nSPS) is 34.3. The molecule has 6 heteroatoms. The third-order valence-corrected chi connectivity index (χ3v) is 5.79. The van der Waals surface area contributed by atoms with E-state index in [2.05, 4.69) is 12.7 Å². The van der Waals surface area contributed by atoms with Gasteiger partial charge >= 0.3 is 11.9 Å². The van der Waals surface area contributed by atoms with Crippen LogP contribution in [-0.2, 0) is 28.6 Å². The number of rotatable bonds is 5. The highest BCUT2D eigenvalue weighted by Gasteiger charge is 2.61. The summed E-state index contributed by atoms with van der Waals surface area (Å²) < 4.78 is 16.7. The Morgan fingerprint density at radius 3 is 2.86 bits per heavy atom. The van der Waals surface area contributed by atoms with Gasteiger partial charge in [-0.05, 0) is 44.3 Å². The van der Waals surface area contributed by atoms with Crippen molar-refractivity contribution >= 4 is 17.7 Å². The first-order valence-corrected chi connectivity index (χ1v) is 9.85. The highest BCUT2D eigenvalue weighted by atomic mass is 16.6. The first kappa shape index (κ1) is 20.5. The minimum absolute atomic E-state index is 0.0721. The van der Waals surface area contributed by atoms with Gasteiger partial charge in [-0.15, -0.1) is 0 Å². The molecule has 4 atom stereocenters. The van der Waals surface area contributed by atoms with Crippen molar-refractivity contribution in [3.05, 3.63) is 36.0 Å². The van der Waals surface area contributed by atoms with Crippen LogP contribution in [-0.4, -0.2) is 42.1 Å². The van der Waals surface area contributed by atoms with Crippen LogP contribution in [0.5, 0.6) is 0 Å². The van der Waals surface area contributed by atoms with Crippen molar-refractivity contribution in [2.75, 3.05) is 6.61 Å². The average molecular weight is 388 g/mol. The SMILES string of the molecule is C=C1C(=O)O[C@H]2[C@H]1CC/C(COC(=O)/C=C\C(=O)C(C)C)=C\CC[C@@]1(C)O[C@@H]21. The largest absolute Gasteiger partial charge is 0.458 e. The first-order valence-electron chi connectivity index (χ1n) is 9.85. The zero-order valence-corrected chi connectivity index (χ0v) is 16.7. The summed E-state index contributed by atoms with van der Waals surface area (Å²) in [5.74, 6) is -1.23. The van der Waals surface area contributed by atoms with E-state index in [9.17, 15) is 14.4 Å². The van der Waals surface area contributed by atoms with Gasteiger partial charge in [0, 0.05) is 23.5 Å². The first-order chi connectivity index (χ1) is 13.2. The zero-order chi connectivity index (χ0) is 20.5. The lowest BCUT2D eigenvalue weighted by Gasteiger charge is -2.20. The minimum Gasteiger partial charge on any atom is -0.458 e. The zero-order valence-electron chi connectivity index (χ0n) is 16.7. The summed E-state index contributed by atoms with van der Waals surface area (Å²) in [6.45, 7) is 9.65. The average Bonchev–Trinajstić information content (AvgIpc) is 3.24. The van der Waals surface area contributed by atoms with Gasteiger partial charge in [-0.3, -0.25) is 4.79 Å².